The van der Waals surface area contributed by atoms with Crippen LogP contribution in [0.3, 0.4) is 0 Å². The van der Waals surface area contributed by atoms with Crippen molar-refractivity contribution in [3.8, 4) is 5.75 Å². The average Bonchev–Trinajstić information content (AvgIpc) is 2.66. The second kappa shape index (κ2) is 9.93. The Hall–Kier alpha value is -2.82. The molecule has 1 N–H and O–H groups in total. The number of hydrogen-bond donors (Lipinski definition) is 1. The van der Waals surface area contributed by atoms with Crippen LogP contribution in [-0.4, -0.2) is 25.6 Å². The van der Waals surface area contributed by atoms with E-state index in [1.807, 2.05) is 18.2 Å². The first-order chi connectivity index (χ1) is 13.3. The van der Waals surface area contributed by atoms with Crippen LogP contribution in [0.1, 0.15) is 56.2 Å². The molecule has 0 aliphatic carbocycles. The van der Waals surface area contributed by atoms with Gasteiger partial charge in [-0.25, -0.2) is 0 Å². The van der Waals surface area contributed by atoms with Crippen molar-refractivity contribution in [2.24, 2.45) is 0 Å². The summed E-state index contributed by atoms with van der Waals surface area (Å²) in [6.45, 7) is 8.04. The van der Waals surface area contributed by atoms with Crippen molar-refractivity contribution in [3.05, 3.63) is 59.2 Å². The lowest BCUT2D eigenvalue weighted by atomic mass is 9.92. The average molecular weight is 383 g/mol. The van der Waals surface area contributed by atoms with E-state index in [1.54, 1.807) is 31.4 Å². The Morgan fingerprint density at radius 1 is 0.929 bits per heavy atom. The van der Waals surface area contributed by atoms with E-state index in [1.165, 1.54) is 0 Å². The quantitative estimate of drug-likeness (QED) is 0.673. The van der Waals surface area contributed by atoms with Gasteiger partial charge in [0.25, 0.3) is 5.91 Å². The van der Waals surface area contributed by atoms with Gasteiger partial charge in [-0.3, -0.25) is 9.59 Å². The first kappa shape index (κ1) is 21.5. The molecule has 0 bridgehead atoms. The predicted octanol–water partition coefficient (Wildman–Crippen LogP) is 4.67. The highest BCUT2D eigenvalue weighted by Crippen LogP contribution is 2.32. The number of ether oxygens (including phenoxy) is 2. The molecular weight excluding hydrogens is 354 g/mol. The number of hydrogen-bond acceptors (Lipinski definition) is 4. The summed E-state index contributed by atoms with van der Waals surface area (Å²) in [5.41, 5.74) is 3.77. The van der Waals surface area contributed by atoms with E-state index < -0.39 is 5.97 Å². The van der Waals surface area contributed by atoms with Crippen molar-refractivity contribution in [1.82, 2.24) is 0 Å². The fraction of sp³-hybridized carbons (Fsp3) is 0.391. The monoisotopic (exact) mass is 383 g/mol. The van der Waals surface area contributed by atoms with Crippen molar-refractivity contribution < 1.29 is 19.1 Å². The summed E-state index contributed by atoms with van der Waals surface area (Å²) in [5.74, 6) is 0.485. The van der Waals surface area contributed by atoms with Gasteiger partial charge in [0.15, 0.2) is 6.61 Å². The molecule has 0 unspecified atom stereocenters. The summed E-state index contributed by atoms with van der Waals surface area (Å²) in [6, 6.07) is 13.2. The summed E-state index contributed by atoms with van der Waals surface area (Å²) >= 11 is 0. The van der Waals surface area contributed by atoms with Crippen LogP contribution in [0, 0.1) is 0 Å². The van der Waals surface area contributed by atoms with Crippen LogP contribution in [-0.2, 0) is 20.7 Å². The van der Waals surface area contributed by atoms with Gasteiger partial charge in [0.05, 0.1) is 13.5 Å². The molecule has 0 aliphatic heterocycles. The molecule has 0 fully saturated rings. The Morgan fingerprint density at radius 3 is 2.00 bits per heavy atom. The number of nitrogens with one attached hydrogen (secondary N) is 1. The van der Waals surface area contributed by atoms with Crippen molar-refractivity contribution in [2.75, 3.05) is 19.0 Å². The molecule has 2 aromatic rings. The third-order valence-electron chi connectivity index (χ3n) is 4.51. The van der Waals surface area contributed by atoms with Gasteiger partial charge < -0.3 is 14.8 Å². The molecule has 0 radical (unpaired) electrons. The summed E-state index contributed by atoms with van der Waals surface area (Å²) in [5, 5.41) is 2.94. The van der Waals surface area contributed by atoms with Crippen molar-refractivity contribution in [2.45, 2.75) is 46.0 Å². The zero-order valence-electron chi connectivity index (χ0n) is 17.2. The highest BCUT2D eigenvalue weighted by atomic mass is 16.5. The molecule has 0 saturated carbocycles. The van der Waals surface area contributed by atoms with E-state index in [-0.39, 0.29) is 30.8 Å². The number of rotatable bonds is 8. The molecule has 0 aromatic heterocycles. The number of methoxy groups -OCH3 is 1. The van der Waals surface area contributed by atoms with Crippen LogP contribution in [0.4, 0.5) is 5.69 Å². The largest absolute Gasteiger partial charge is 0.497 e. The minimum absolute atomic E-state index is 0.108. The molecule has 0 saturated heterocycles. The first-order valence-corrected chi connectivity index (χ1v) is 9.53. The summed E-state index contributed by atoms with van der Waals surface area (Å²) in [7, 11) is 1.59. The predicted molar refractivity (Wildman–Crippen MR) is 111 cm³/mol. The number of para-hydroxylation sites is 1. The van der Waals surface area contributed by atoms with Crippen molar-refractivity contribution in [3.63, 3.8) is 0 Å². The van der Waals surface area contributed by atoms with Crippen LogP contribution in [0.5, 0.6) is 5.75 Å². The van der Waals surface area contributed by atoms with E-state index in [2.05, 4.69) is 33.0 Å². The third-order valence-corrected chi connectivity index (χ3v) is 4.51. The van der Waals surface area contributed by atoms with Crippen LogP contribution in [0.2, 0.25) is 0 Å². The summed E-state index contributed by atoms with van der Waals surface area (Å²) < 4.78 is 10.2. The summed E-state index contributed by atoms with van der Waals surface area (Å²) in [4.78, 5) is 24.4. The molecule has 0 spiro atoms. The van der Waals surface area contributed by atoms with Gasteiger partial charge in [-0.15, -0.1) is 0 Å². The number of esters is 1. The van der Waals surface area contributed by atoms with Crippen LogP contribution in [0.15, 0.2) is 42.5 Å². The maximum atomic E-state index is 12.4. The second-order valence-electron chi connectivity index (χ2n) is 7.35. The maximum absolute atomic E-state index is 12.4. The Balaban J connectivity index is 1.97. The molecule has 2 rings (SSSR count). The van der Waals surface area contributed by atoms with Crippen LogP contribution < -0.4 is 10.1 Å². The van der Waals surface area contributed by atoms with Gasteiger partial charge in [0.1, 0.15) is 5.75 Å². The van der Waals surface area contributed by atoms with Gasteiger partial charge in [-0.1, -0.05) is 58.0 Å². The Morgan fingerprint density at radius 2 is 1.50 bits per heavy atom. The Bertz CT molecular complexity index is 784. The molecule has 0 atom stereocenters. The van der Waals surface area contributed by atoms with Gasteiger partial charge in [0.2, 0.25) is 0 Å². The number of benzene rings is 2. The fourth-order valence-corrected chi connectivity index (χ4v) is 2.98. The van der Waals surface area contributed by atoms with Gasteiger partial charge in [-0.05, 0) is 40.7 Å². The molecule has 1 amide bonds. The normalized spacial score (nSPS) is 10.8. The highest BCUT2D eigenvalue weighted by Gasteiger charge is 2.17. The molecule has 150 valence electrons. The summed E-state index contributed by atoms with van der Waals surface area (Å²) in [6.07, 6.45) is 0.108. The van der Waals surface area contributed by atoms with Crippen LogP contribution in [0.25, 0.3) is 0 Å². The molecule has 5 heteroatoms. The highest BCUT2D eigenvalue weighted by molar-refractivity contribution is 5.94. The molecule has 2 aromatic carbocycles. The van der Waals surface area contributed by atoms with Crippen molar-refractivity contribution >= 4 is 17.6 Å². The molecular formula is C23H29NO4. The standard InChI is InChI=1S/C23H29NO4/c1-15(2)19-7-6-8-20(16(3)4)23(19)24-21(25)14-28-22(26)13-17-9-11-18(27-5)12-10-17/h6-12,15-16H,13-14H2,1-5H3,(H,24,25). The molecule has 0 heterocycles. The van der Waals surface area contributed by atoms with E-state index in [4.69, 9.17) is 9.47 Å². The van der Waals surface area contributed by atoms with E-state index in [0.29, 0.717) is 0 Å². The number of carbonyl (C=O) groups excluding carboxylic acids is 2. The van der Waals surface area contributed by atoms with Gasteiger partial charge in [-0.2, -0.15) is 0 Å². The van der Waals surface area contributed by atoms with E-state index in [9.17, 15) is 9.59 Å². The second-order valence-corrected chi connectivity index (χ2v) is 7.35. The minimum atomic E-state index is -0.443. The first-order valence-electron chi connectivity index (χ1n) is 9.53. The van der Waals surface area contributed by atoms with Gasteiger partial charge in [0, 0.05) is 5.69 Å². The number of amides is 1. The van der Waals surface area contributed by atoms with E-state index in [0.717, 1.165) is 28.1 Å². The van der Waals surface area contributed by atoms with Gasteiger partial charge >= 0.3 is 5.97 Å². The maximum Gasteiger partial charge on any atom is 0.310 e. The Labute approximate surface area is 167 Å². The fourth-order valence-electron chi connectivity index (χ4n) is 2.98. The number of carbonyl (C=O) groups is 2. The third kappa shape index (κ3) is 5.84. The molecule has 28 heavy (non-hydrogen) atoms. The lowest BCUT2D eigenvalue weighted by molar-refractivity contribution is -0.146. The smallest absolute Gasteiger partial charge is 0.310 e. The zero-order valence-corrected chi connectivity index (χ0v) is 17.2. The van der Waals surface area contributed by atoms with E-state index >= 15 is 0 Å². The lowest BCUT2D eigenvalue weighted by Gasteiger charge is -2.20. The van der Waals surface area contributed by atoms with Crippen molar-refractivity contribution in [1.29, 1.82) is 0 Å². The molecule has 5 nitrogen and oxygen atoms in total. The lowest BCUT2D eigenvalue weighted by Crippen LogP contribution is -2.23. The number of anilines is 1. The zero-order chi connectivity index (χ0) is 20.7. The molecule has 0 aliphatic rings. The SMILES string of the molecule is COc1ccc(CC(=O)OCC(=O)Nc2c(C(C)C)cccc2C(C)C)cc1. The Kier molecular flexibility index (Phi) is 7.61. The topological polar surface area (TPSA) is 64.6 Å². The van der Waals surface area contributed by atoms with Crippen LogP contribution >= 0.6 is 0 Å². The minimum Gasteiger partial charge on any atom is -0.497 e.